The van der Waals surface area contributed by atoms with Crippen LogP contribution in [0.5, 0.6) is 0 Å². The molecule has 1 aromatic heterocycles. The number of nitrogens with zero attached hydrogens (tertiary/aromatic N) is 1. The highest BCUT2D eigenvalue weighted by Crippen LogP contribution is 2.16. The number of aromatic nitrogens is 1. The van der Waals surface area contributed by atoms with Crippen molar-refractivity contribution in [2.75, 3.05) is 6.26 Å². The van der Waals surface area contributed by atoms with Gasteiger partial charge in [-0.25, -0.2) is 13.4 Å². The minimum Gasteiger partial charge on any atom is -0.326 e. The predicted molar refractivity (Wildman–Crippen MR) is 43.1 cm³/mol. The molecule has 6 heteroatoms. The number of thiazole rings is 1. The molecule has 1 heterocycles. The second-order valence-corrected chi connectivity index (χ2v) is 5.37. The molecule has 4 nitrogen and oxygen atoms in total. The van der Waals surface area contributed by atoms with E-state index in [1.165, 1.54) is 6.20 Å². The summed E-state index contributed by atoms with van der Waals surface area (Å²) in [7, 11) is -3.14. The van der Waals surface area contributed by atoms with Crippen LogP contribution in [0.15, 0.2) is 10.5 Å². The first-order chi connectivity index (χ1) is 5.04. The van der Waals surface area contributed by atoms with Crippen LogP contribution < -0.4 is 5.73 Å². The van der Waals surface area contributed by atoms with E-state index in [4.69, 9.17) is 5.73 Å². The van der Waals surface area contributed by atoms with Gasteiger partial charge < -0.3 is 5.73 Å². The molecule has 0 aliphatic carbocycles. The van der Waals surface area contributed by atoms with Crippen molar-refractivity contribution in [1.29, 1.82) is 0 Å². The second-order valence-electron chi connectivity index (χ2n) is 2.07. The van der Waals surface area contributed by atoms with E-state index in [9.17, 15) is 8.42 Å². The molecule has 0 saturated heterocycles. The van der Waals surface area contributed by atoms with Crippen molar-refractivity contribution >= 4 is 21.2 Å². The van der Waals surface area contributed by atoms with Crippen LogP contribution in [-0.2, 0) is 16.4 Å². The van der Waals surface area contributed by atoms with Crippen molar-refractivity contribution in [3.05, 3.63) is 11.1 Å². The Kier molecular flexibility index (Phi) is 2.26. The first-order valence-electron chi connectivity index (χ1n) is 2.89. The summed E-state index contributed by atoms with van der Waals surface area (Å²) in [5.74, 6) is 0. The molecule has 0 bridgehead atoms. The fourth-order valence-electron chi connectivity index (χ4n) is 0.555. The van der Waals surface area contributed by atoms with Crippen molar-refractivity contribution in [3.8, 4) is 0 Å². The lowest BCUT2D eigenvalue weighted by Gasteiger charge is -1.86. The average molecular weight is 192 g/mol. The van der Waals surface area contributed by atoms with Crippen LogP contribution in [0.4, 0.5) is 0 Å². The molecule has 62 valence electrons. The van der Waals surface area contributed by atoms with Gasteiger partial charge in [-0.2, -0.15) is 0 Å². The predicted octanol–water partition coefficient (Wildman–Crippen LogP) is 0.00530. The SMILES string of the molecule is CS(=O)(=O)c1ncc(CN)s1. The number of sulfone groups is 1. The maximum Gasteiger partial charge on any atom is 0.209 e. The molecule has 0 atom stereocenters. The molecule has 0 amide bonds. The quantitative estimate of drug-likeness (QED) is 0.716. The van der Waals surface area contributed by atoms with Gasteiger partial charge in [0.15, 0.2) is 0 Å². The minimum absolute atomic E-state index is 0.137. The third-order valence-corrected chi connectivity index (χ3v) is 3.76. The van der Waals surface area contributed by atoms with Crippen LogP contribution in [0.1, 0.15) is 4.88 Å². The summed E-state index contributed by atoms with van der Waals surface area (Å²) in [6.07, 6.45) is 2.62. The first-order valence-corrected chi connectivity index (χ1v) is 5.59. The van der Waals surface area contributed by atoms with Crippen molar-refractivity contribution in [1.82, 2.24) is 4.98 Å². The topological polar surface area (TPSA) is 73.0 Å². The Balaban J connectivity index is 3.09. The number of rotatable bonds is 2. The van der Waals surface area contributed by atoms with Gasteiger partial charge in [0.1, 0.15) is 0 Å². The summed E-state index contributed by atoms with van der Waals surface area (Å²) >= 11 is 1.12. The lowest BCUT2D eigenvalue weighted by atomic mass is 10.6. The van der Waals surface area contributed by atoms with E-state index in [1.54, 1.807) is 0 Å². The molecule has 2 N–H and O–H groups in total. The monoisotopic (exact) mass is 192 g/mol. The van der Waals surface area contributed by atoms with Gasteiger partial charge >= 0.3 is 0 Å². The average Bonchev–Trinajstić information content (AvgIpc) is 2.32. The van der Waals surface area contributed by atoms with Crippen LogP contribution in [0, 0.1) is 0 Å². The molecule has 0 radical (unpaired) electrons. The summed E-state index contributed by atoms with van der Waals surface area (Å²) in [5.41, 5.74) is 5.28. The van der Waals surface area contributed by atoms with Gasteiger partial charge in [-0.1, -0.05) is 0 Å². The second kappa shape index (κ2) is 2.88. The minimum atomic E-state index is -3.14. The van der Waals surface area contributed by atoms with Gasteiger partial charge in [0.2, 0.25) is 14.2 Å². The van der Waals surface area contributed by atoms with Crippen LogP contribution in [0.25, 0.3) is 0 Å². The Hall–Kier alpha value is -0.460. The molecule has 0 aromatic carbocycles. The highest BCUT2D eigenvalue weighted by molar-refractivity contribution is 7.92. The Bertz CT molecular complexity index is 341. The van der Waals surface area contributed by atoms with E-state index >= 15 is 0 Å². The molecular weight excluding hydrogens is 184 g/mol. The Labute approximate surface area is 69.0 Å². The van der Waals surface area contributed by atoms with Gasteiger partial charge in [-0.3, -0.25) is 0 Å². The molecule has 0 fully saturated rings. The van der Waals surface area contributed by atoms with Gasteiger partial charge in [0.05, 0.1) is 0 Å². The highest BCUT2D eigenvalue weighted by Gasteiger charge is 2.11. The Morgan fingerprint density at radius 1 is 1.73 bits per heavy atom. The summed E-state index contributed by atoms with van der Waals surface area (Å²) in [5, 5.41) is 0. The third kappa shape index (κ3) is 1.98. The Morgan fingerprint density at radius 2 is 2.36 bits per heavy atom. The third-order valence-electron chi connectivity index (χ3n) is 1.05. The van der Waals surface area contributed by atoms with Crippen LogP contribution in [0.3, 0.4) is 0 Å². The lowest BCUT2D eigenvalue weighted by Crippen LogP contribution is -1.94. The molecule has 0 spiro atoms. The summed E-state index contributed by atoms with van der Waals surface area (Å²) in [6.45, 7) is 0.340. The van der Waals surface area contributed by atoms with E-state index in [2.05, 4.69) is 4.98 Å². The largest absolute Gasteiger partial charge is 0.326 e. The lowest BCUT2D eigenvalue weighted by molar-refractivity contribution is 0.601. The fourth-order valence-corrected chi connectivity index (χ4v) is 2.24. The molecule has 0 aliphatic heterocycles. The van der Waals surface area contributed by atoms with E-state index < -0.39 is 9.84 Å². The van der Waals surface area contributed by atoms with Crippen molar-refractivity contribution in [3.63, 3.8) is 0 Å². The van der Waals surface area contributed by atoms with Crippen molar-refractivity contribution in [2.45, 2.75) is 10.9 Å². The fraction of sp³-hybridized carbons (Fsp3) is 0.400. The maximum absolute atomic E-state index is 10.9. The maximum atomic E-state index is 10.9. The number of hydrogen-bond donors (Lipinski definition) is 1. The zero-order valence-corrected chi connectivity index (χ0v) is 7.58. The number of hydrogen-bond acceptors (Lipinski definition) is 5. The van der Waals surface area contributed by atoms with E-state index in [0.717, 1.165) is 22.5 Å². The van der Waals surface area contributed by atoms with Gasteiger partial charge in [-0.05, 0) is 0 Å². The van der Waals surface area contributed by atoms with Gasteiger partial charge in [0, 0.05) is 23.9 Å². The zero-order valence-electron chi connectivity index (χ0n) is 5.94. The normalized spacial score (nSPS) is 11.8. The summed E-state index contributed by atoms with van der Waals surface area (Å²) < 4.78 is 21.9. The van der Waals surface area contributed by atoms with Crippen molar-refractivity contribution < 1.29 is 8.42 Å². The first kappa shape index (κ1) is 8.63. The van der Waals surface area contributed by atoms with E-state index in [0.29, 0.717) is 6.54 Å². The van der Waals surface area contributed by atoms with Crippen LogP contribution >= 0.6 is 11.3 Å². The molecule has 1 rings (SSSR count). The zero-order chi connectivity index (χ0) is 8.48. The molecule has 0 saturated carbocycles. The summed E-state index contributed by atoms with van der Waals surface area (Å²) in [6, 6.07) is 0. The molecule has 1 aromatic rings. The number of nitrogens with two attached hydrogens (primary N) is 1. The standard InChI is InChI=1S/C5H8N2O2S2/c1-11(8,9)5-7-3-4(2-6)10-5/h3H,2,6H2,1H3. The van der Waals surface area contributed by atoms with Crippen LogP contribution in [0.2, 0.25) is 0 Å². The van der Waals surface area contributed by atoms with Gasteiger partial charge in [0.25, 0.3) is 0 Å². The van der Waals surface area contributed by atoms with Crippen LogP contribution in [-0.4, -0.2) is 19.7 Å². The highest BCUT2D eigenvalue weighted by atomic mass is 32.2. The van der Waals surface area contributed by atoms with E-state index in [1.807, 2.05) is 0 Å². The molecule has 11 heavy (non-hydrogen) atoms. The van der Waals surface area contributed by atoms with E-state index in [-0.39, 0.29) is 4.34 Å². The van der Waals surface area contributed by atoms with Gasteiger partial charge in [-0.15, -0.1) is 11.3 Å². The summed E-state index contributed by atoms with van der Waals surface area (Å²) in [4.78, 5) is 4.49. The van der Waals surface area contributed by atoms with Crippen molar-refractivity contribution in [2.24, 2.45) is 5.73 Å². The smallest absolute Gasteiger partial charge is 0.209 e. The molecule has 0 unspecified atom stereocenters. The molecular formula is C5H8N2O2S2. The Morgan fingerprint density at radius 3 is 2.64 bits per heavy atom. The molecule has 0 aliphatic rings.